The molecule has 3 atom stereocenters. The number of nitrogens with one attached hydrogen (secondary N) is 1. The van der Waals surface area contributed by atoms with Gasteiger partial charge in [0.05, 0.1) is 17.5 Å². The molecule has 48 heavy (non-hydrogen) atoms. The molecule has 3 aliphatic heterocycles. The first-order chi connectivity index (χ1) is 23.0. The number of hydrogen-bond donors (Lipinski definition) is 1. The number of hydrogen-bond acceptors (Lipinski definition) is 4. The van der Waals surface area contributed by atoms with Crippen LogP contribution in [-0.2, 0) is 17.8 Å². The van der Waals surface area contributed by atoms with Gasteiger partial charge < -0.3 is 15.1 Å². The Balaban J connectivity index is 1.30. The predicted octanol–water partition coefficient (Wildman–Crippen LogP) is 8.06. The predicted molar refractivity (Wildman–Crippen MR) is 179 cm³/mol. The number of likely N-dealkylation sites (tertiary alicyclic amines) is 2. The molecule has 0 aliphatic carbocycles. The van der Waals surface area contributed by atoms with Gasteiger partial charge in [0.2, 0.25) is 5.91 Å². The van der Waals surface area contributed by atoms with Crippen LogP contribution in [0, 0.1) is 18.7 Å². The van der Waals surface area contributed by atoms with Gasteiger partial charge in [-0.3, -0.25) is 14.5 Å². The van der Waals surface area contributed by atoms with Crippen LogP contribution in [0.25, 0.3) is 0 Å². The number of benzene rings is 3. The van der Waals surface area contributed by atoms with Crippen LogP contribution in [0.3, 0.4) is 0 Å². The minimum absolute atomic E-state index is 0.0159. The van der Waals surface area contributed by atoms with E-state index in [-0.39, 0.29) is 24.4 Å². The van der Waals surface area contributed by atoms with Crippen molar-refractivity contribution in [3.05, 3.63) is 94.3 Å². The minimum Gasteiger partial charge on any atom is -0.371 e. The topological polar surface area (TPSA) is 55.9 Å². The quantitative estimate of drug-likeness (QED) is 0.248. The van der Waals surface area contributed by atoms with E-state index in [2.05, 4.69) is 23.2 Å². The van der Waals surface area contributed by atoms with Crippen LogP contribution >= 0.6 is 0 Å². The second-order valence-electron chi connectivity index (χ2n) is 13.4. The normalized spacial score (nSPS) is 21.9. The summed E-state index contributed by atoms with van der Waals surface area (Å²) in [4.78, 5) is 33.6. The van der Waals surface area contributed by atoms with Crippen molar-refractivity contribution in [1.29, 1.82) is 0 Å². The Kier molecular flexibility index (Phi) is 10.1. The fourth-order valence-electron chi connectivity index (χ4n) is 7.83. The van der Waals surface area contributed by atoms with Crippen LogP contribution in [0.4, 0.5) is 28.9 Å². The lowest BCUT2D eigenvalue weighted by Crippen LogP contribution is -2.46. The van der Waals surface area contributed by atoms with Crippen molar-refractivity contribution in [2.24, 2.45) is 5.92 Å². The number of piperidine rings is 1. The highest BCUT2D eigenvalue weighted by Gasteiger charge is 2.46. The first-order valence-corrected chi connectivity index (χ1v) is 17.2. The zero-order chi connectivity index (χ0) is 34.0. The van der Waals surface area contributed by atoms with Crippen molar-refractivity contribution in [2.45, 2.75) is 83.6 Å². The molecule has 3 heterocycles. The van der Waals surface area contributed by atoms with Crippen molar-refractivity contribution < 1.29 is 27.2 Å². The van der Waals surface area contributed by atoms with E-state index in [1.807, 2.05) is 12.1 Å². The van der Waals surface area contributed by atoms with Gasteiger partial charge in [0, 0.05) is 37.6 Å². The molecular formula is C38H44F4N4O2. The average Bonchev–Trinajstić information content (AvgIpc) is 3.78. The standard InChI is InChI=1S/C38H44F4N4O2/c1-3-27-17-18-29(23-32(27)44-19-4-5-20-44)43-36(47)30-10-7-22-46(37(48)34-25(2)9-6-11-31(34)39)35(30)28-15-13-26(14-16-28)24-45-21-8-12-33(45)38(40,41)42/h6,9,11,13-18,23,30,33,35H,3-5,7-8,10,12,19-22,24H2,1-2H3,(H,43,47). The summed E-state index contributed by atoms with van der Waals surface area (Å²) in [6.45, 7) is 6.64. The summed E-state index contributed by atoms with van der Waals surface area (Å²) in [7, 11) is 0. The van der Waals surface area contributed by atoms with E-state index in [1.54, 1.807) is 48.2 Å². The molecule has 2 amide bonds. The van der Waals surface area contributed by atoms with E-state index in [0.717, 1.165) is 43.6 Å². The Bertz CT molecular complexity index is 1600. The Morgan fingerprint density at radius 2 is 1.62 bits per heavy atom. The largest absolute Gasteiger partial charge is 0.404 e. The Labute approximate surface area is 280 Å². The molecule has 0 saturated carbocycles. The third-order valence-corrected chi connectivity index (χ3v) is 10.3. The lowest BCUT2D eigenvalue weighted by molar-refractivity contribution is -0.177. The number of aryl methyl sites for hydroxylation is 2. The van der Waals surface area contributed by atoms with Crippen LogP contribution in [0.2, 0.25) is 0 Å². The molecule has 0 spiro atoms. The summed E-state index contributed by atoms with van der Waals surface area (Å²) in [5.41, 5.74) is 4.94. The minimum atomic E-state index is -4.28. The molecule has 0 radical (unpaired) electrons. The van der Waals surface area contributed by atoms with E-state index in [1.165, 1.54) is 16.5 Å². The monoisotopic (exact) mass is 664 g/mol. The summed E-state index contributed by atoms with van der Waals surface area (Å²) in [6, 6.07) is 15.6. The van der Waals surface area contributed by atoms with Crippen molar-refractivity contribution >= 4 is 23.2 Å². The highest BCUT2D eigenvalue weighted by atomic mass is 19.4. The van der Waals surface area contributed by atoms with E-state index in [4.69, 9.17) is 0 Å². The summed E-state index contributed by atoms with van der Waals surface area (Å²) >= 11 is 0. The van der Waals surface area contributed by atoms with Crippen molar-refractivity contribution in [3.8, 4) is 0 Å². The van der Waals surface area contributed by atoms with Gasteiger partial charge in [0.25, 0.3) is 5.91 Å². The van der Waals surface area contributed by atoms with Gasteiger partial charge in [0.1, 0.15) is 11.9 Å². The number of amides is 2. The summed E-state index contributed by atoms with van der Waals surface area (Å²) in [5, 5.41) is 3.14. The highest BCUT2D eigenvalue weighted by Crippen LogP contribution is 2.40. The van der Waals surface area contributed by atoms with E-state index < -0.39 is 35.9 Å². The second kappa shape index (κ2) is 14.3. The Morgan fingerprint density at radius 3 is 2.31 bits per heavy atom. The first kappa shape index (κ1) is 34.0. The maximum absolute atomic E-state index is 15.1. The van der Waals surface area contributed by atoms with Crippen molar-refractivity contribution in [3.63, 3.8) is 0 Å². The lowest BCUT2D eigenvalue weighted by atomic mass is 9.83. The average molecular weight is 665 g/mol. The molecule has 6 nitrogen and oxygen atoms in total. The van der Waals surface area contributed by atoms with Gasteiger partial charge in [-0.2, -0.15) is 13.2 Å². The van der Waals surface area contributed by atoms with Gasteiger partial charge in [-0.05, 0) is 98.9 Å². The van der Waals surface area contributed by atoms with E-state index in [0.29, 0.717) is 49.2 Å². The molecule has 6 rings (SSSR count). The fourth-order valence-corrected chi connectivity index (χ4v) is 7.83. The van der Waals surface area contributed by atoms with Crippen molar-refractivity contribution in [2.75, 3.05) is 36.4 Å². The van der Waals surface area contributed by atoms with Crippen LogP contribution in [-0.4, -0.2) is 60.0 Å². The summed E-state index contributed by atoms with van der Waals surface area (Å²) in [5.74, 6) is -1.95. The molecule has 3 aromatic rings. The zero-order valence-corrected chi connectivity index (χ0v) is 27.7. The SMILES string of the molecule is CCc1ccc(NC(=O)C2CCCN(C(=O)c3c(C)cccc3F)C2c2ccc(CN3CCCC3C(F)(F)F)cc2)cc1N1CCCC1. The Morgan fingerprint density at radius 1 is 0.896 bits per heavy atom. The summed E-state index contributed by atoms with van der Waals surface area (Å²) < 4.78 is 55.9. The van der Waals surface area contributed by atoms with Crippen LogP contribution in [0.15, 0.2) is 60.7 Å². The molecule has 10 heteroatoms. The van der Waals surface area contributed by atoms with E-state index >= 15 is 4.39 Å². The van der Waals surface area contributed by atoms with Crippen LogP contribution in [0.1, 0.15) is 84.1 Å². The zero-order valence-electron chi connectivity index (χ0n) is 27.7. The smallest absolute Gasteiger partial charge is 0.371 e. The summed E-state index contributed by atoms with van der Waals surface area (Å²) in [6.07, 6.45) is 0.531. The highest BCUT2D eigenvalue weighted by molar-refractivity contribution is 5.98. The number of nitrogens with zero attached hydrogens (tertiary/aromatic N) is 3. The van der Waals surface area contributed by atoms with Gasteiger partial charge in [-0.1, -0.05) is 49.4 Å². The molecular weight excluding hydrogens is 620 g/mol. The number of halogens is 4. The second-order valence-corrected chi connectivity index (χ2v) is 13.4. The van der Waals surface area contributed by atoms with Gasteiger partial charge in [0.15, 0.2) is 0 Å². The molecule has 0 bridgehead atoms. The maximum atomic E-state index is 15.1. The van der Waals surface area contributed by atoms with Gasteiger partial charge in [-0.15, -0.1) is 0 Å². The van der Waals surface area contributed by atoms with Crippen molar-refractivity contribution in [1.82, 2.24) is 9.80 Å². The molecule has 3 aromatic carbocycles. The third-order valence-electron chi connectivity index (χ3n) is 10.3. The lowest BCUT2D eigenvalue weighted by Gasteiger charge is -2.41. The Hall–Kier alpha value is -3.92. The molecule has 3 saturated heterocycles. The number of anilines is 2. The number of carbonyl (C=O) groups excluding carboxylic acids is 2. The molecule has 3 aliphatic rings. The van der Waals surface area contributed by atoms with Crippen LogP contribution in [0.5, 0.6) is 0 Å². The molecule has 1 N–H and O–H groups in total. The van der Waals surface area contributed by atoms with E-state index in [9.17, 15) is 22.8 Å². The van der Waals surface area contributed by atoms with Crippen LogP contribution < -0.4 is 10.2 Å². The van der Waals surface area contributed by atoms with Gasteiger partial charge in [-0.25, -0.2) is 4.39 Å². The molecule has 256 valence electrons. The first-order valence-electron chi connectivity index (χ1n) is 17.2. The number of alkyl halides is 3. The third kappa shape index (κ3) is 7.09. The molecule has 3 unspecified atom stereocenters. The number of carbonyl (C=O) groups is 2. The van der Waals surface area contributed by atoms with Gasteiger partial charge >= 0.3 is 6.18 Å². The molecule has 3 fully saturated rings. The molecule has 0 aromatic heterocycles. The maximum Gasteiger partial charge on any atom is 0.404 e. The fraction of sp³-hybridized carbons (Fsp3) is 0.474. The number of rotatable bonds is 8.